The number of benzene rings is 1. The molecule has 0 bridgehead atoms. The van der Waals surface area contributed by atoms with E-state index in [4.69, 9.17) is 0 Å². The summed E-state index contributed by atoms with van der Waals surface area (Å²) < 4.78 is 0. The Balaban J connectivity index is 2.02. The average molecular weight is 243 g/mol. The number of likely N-dealkylation sites (N-methyl/N-ethyl adjacent to an activating group) is 1. The lowest BCUT2D eigenvalue weighted by molar-refractivity contribution is 0.557. The molecule has 1 heteroatoms. The fourth-order valence-corrected chi connectivity index (χ4v) is 2.80. The van der Waals surface area contributed by atoms with Gasteiger partial charge < -0.3 is 5.32 Å². The largest absolute Gasteiger partial charge is 0.313 e. The van der Waals surface area contributed by atoms with E-state index < -0.39 is 0 Å². The zero-order chi connectivity index (χ0) is 12.6. The molecule has 0 aromatic heterocycles. The maximum Gasteiger partial charge on any atom is 0.0317 e. The summed E-state index contributed by atoms with van der Waals surface area (Å²) in [5.74, 6) is 0. The molecule has 1 nitrogen and oxygen atoms in total. The molecule has 0 saturated carbocycles. The van der Waals surface area contributed by atoms with Crippen molar-refractivity contribution in [2.24, 2.45) is 0 Å². The first-order chi connectivity index (χ1) is 8.90. The van der Waals surface area contributed by atoms with Crippen molar-refractivity contribution in [1.29, 1.82) is 0 Å². The standard InChI is InChI=1S/C17H25N/c1-18-17(14-15-10-6-5-7-11-15)16-12-8-3-2-4-9-13-16/h5-7,10-12,17-18H,2-4,8-9,13-14H2,1H3/b16-12+. The third kappa shape index (κ3) is 3.99. The van der Waals surface area contributed by atoms with Crippen LogP contribution in [0.1, 0.15) is 44.1 Å². The van der Waals surface area contributed by atoms with Gasteiger partial charge >= 0.3 is 0 Å². The van der Waals surface area contributed by atoms with Crippen LogP contribution in [0.25, 0.3) is 0 Å². The molecule has 0 saturated heterocycles. The lowest BCUT2D eigenvalue weighted by atomic mass is 9.91. The number of allylic oxidation sites excluding steroid dienone is 1. The predicted molar refractivity (Wildman–Crippen MR) is 78.8 cm³/mol. The van der Waals surface area contributed by atoms with Gasteiger partial charge in [0.05, 0.1) is 0 Å². The average Bonchev–Trinajstić information content (AvgIpc) is 2.37. The molecule has 1 aliphatic rings. The lowest BCUT2D eigenvalue weighted by Gasteiger charge is -2.22. The van der Waals surface area contributed by atoms with Crippen LogP contribution in [-0.4, -0.2) is 13.1 Å². The van der Waals surface area contributed by atoms with Crippen molar-refractivity contribution < 1.29 is 0 Å². The van der Waals surface area contributed by atoms with Crippen molar-refractivity contribution in [2.45, 2.75) is 51.0 Å². The van der Waals surface area contributed by atoms with Gasteiger partial charge in [-0.1, -0.05) is 54.8 Å². The van der Waals surface area contributed by atoms with Crippen LogP contribution in [0.3, 0.4) is 0 Å². The first-order valence-corrected chi connectivity index (χ1v) is 7.30. The minimum Gasteiger partial charge on any atom is -0.313 e. The molecule has 0 aliphatic heterocycles. The molecule has 1 unspecified atom stereocenters. The first kappa shape index (κ1) is 13.4. The van der Waals surface area contributed by atoms with E-state index in [0.29, 0.717) is 6.04 Å². The van der Waals surface area contributed by atoms with Gasteiger partial charge in [-0.25, -0.2) is 0 Å². The molecule has 1 atom stereocenters. The molecule has 1 N–H and O–H groups in total. The summed E-state index contributed by atoms with van der Waals surface area (Å²) >= 11 is 0. The molecule has 1 aromatic carbocycles. The Kier molecular flexibility index (Phi) is 5.47. The van der Waals surface area contributed by atoms with Gasteiger partial charge in [-0.2, -0.15) is 0 Å². The van der Waals surface area contributed by atoms with Crippen LogP contribution in [0.4, 0.5) is 0 Å². The summed E-state index contributed by atoms with van der Waals surface area (Å²) in [5.41, 5.74) is 3.06. The number of nitrogens with one attached hydrogen (secondary N) is 1. The molecular weight excluding hydrogens is 218 g/mol. The third-order valence-corrected chi connectivity index (χ3v) is 3.90. The van der Waals surface area contributed by atoms with Crippen molar-refractivity contribution in [3.8, 4) is 0 Å². The van der Waals surface area contributed by atoms with Crippen molar-refractivity contribution >= 4 is 0 Å². The van der Waals surface area contributed by atoms with E-state index in [9.17, 15) is 0 Å². The van der Waals surface area contributed by atoms with Crippen LogP contribution in [0, 0.1) is 0 Å². The van der Waals surface area contributed by atoms with Crippen molar-refractivity contribution in [3.05, 3.63) is 47.5 Å². The minimum atomic E-state index is 0.519. The van der Waals surface area contributed by atoms with Gasteiger partial charge in [0.2, 0.25) is 0 Å². The molecule has 0 heterocycles. The highest BCUT2D eigenvalue weighted by atomic mass is 14.9. The van der Waals surface area contributed by atoms with E-state index in [1.807, 2.05) is 0 Å². The Morgan fingerprint density at radius 3 is 2.61 bits per heavy atom. The van der Waals surface area contributed by atoms with E-state index in [2.05, 4.69) is 48.8 Å². The third-order valence-electron chi connectivity index (χ3n) is 3.90. The van der Waals surface area contributed by atoms with Crippen LogP contribution in [-0.2, 0) is 6.42 Å². The second-order valence-electron chi connectivity index (χ2n) is 5.26. The molecule has 0 fully saturated rings. The first-order valence-electron chi connectivity index (χ1n) is 7.30. The van der Waals surface area contributed by atoms with Crippen LogP contribution < -0.4 is 5.32 Å². The van der Waals surface area contributed by atoms with Crippen LogP contribution in [0.2, 0.25) is 0 Å². The summed E-state index contributed by atoms with van der Waals surface area (Å²) in [7, 11) is 2.09. The van der Waals surface area contributed by atoms with Gasteiger partial charge in [-0.3, -0.25) is 0 Å². The molecule has 1 aromatic rings. The summed E-state index contributed by atoms with van der Waals surface area (Å²) in [5, 5.41) is 3.50. The van der Waals surface area contributed by atoms with Crippen molar-refractivity contribution in [1.82, 2.24) is 5.32 Å². The van der Waals surface area contributed by atoms with Gasteiger partial charge in [0.1, 0.15) is 0 Å². The number of hydrogen-bond acceptors (Lipinski definition) is 1. The van der Waals surface area contributed by atoms with E-state index >= 15 is 0 Å². The Labute approximate surface area is 111 Å². The summed E-state index contributed by atoms with van der Waals surface area (Å²) in [6.45, 7) is 0. The van der Waals surface area contributed by atoms with E-state index in [1.165, 1.54) is 44.1 Å². The molecule has 1 aliphatic carbocycles. The Hall–Kier alpha value is -1.08. The fourth-order valence-electron chi connectivity index (χ4n) is 2.80. The molecule has 0 radical (unpaired) electrons. The minimum absolute atomic E-state index is 0.519. The number of hydrogen-bond donors (Lipinski definition) is 1. The fraction of sp³-hybridized carbons (Fsp3) is 0.529. The van der Waals surface area contributed by atoms with Gasteiger partial charge in [-0.15, -0.1) is 0 Å². The SMILES string of the molecule is CNC(Cc1ccccc1)/C1=C/CCCCCC1. The number of rotatable bonds is 4. The highest BCUT2D eigenvalue weighted by molar-refractivity contribution is 5.21. The second-order valence-corrected chi connectivity index (χ2v) is 5.26. The second kappa shape index (κ2) is 7.38. The smallest absolute Gasteiger partial charge is 0.0317 e. The zero-order valence-electron chi connectivity index (χ0n) is 11.5. The predicted octanol–water partition coefficient (Wildman–Crippen LogP) is 4.10. The Morgan fingerprint density at radius 2 is 1.83 bits per heavy atom. The van der Waals surface area contributed by atoms with Gasteiger partial charge in [0, 0.05) is 6.04 Å². The van der Waals surface area contributed by atoms with E-state index in [1.54, 1.807) is 5.57 Å². The van der Waals surface area contributed by atoms with Gasteiger partial charge in [0.15, 0.2) is 0 Å². The summed E-state index contributed by atoms with van der Waals surface area (Å²) in [6, 6.07) is 11.3. The maximum absolute atomic E-state index is 3.50. The Morgan fingerprint density at radius 1 is 1.06 bits per heavy atom. The molecule has 0 amide bonds. The highest BCUT2D eigenvalue weighted by Crippen LogP contribution is 2.21. The summed E-state index contributed by atoms with van der Waals surface area (Å²) in [4.78, 5) is 0. The molecule has 2 rings (SSSR count). The van der Waals surface area contributed by atoms with Crippen LogP contribution in [0.15, 0.2) is 42.0 Å². The topological polar surface area (TPSA) is 12.0 Å². The quantitative estimate of drug-likeness (QED) is 0.785. The van der Waals surface area contributed by atoms with Gasteiger partial charge in [0.25, 0.3) is 0 Å². The van der Waals surface area contributed by atoms with Crippen LogP contribution in [0.5, 0.6) is 0 Å². The summed E-state index contributed by atoms with van der Waals surface area (Å²) in [6.07, 6.45) is 11.7. The highest BCUT2D eigenvalue weighted by Gasteiger charge is 2.13. The molecule has 18 heavy (non-hydrogen) atoms. The van der Waals surface area contributed by atoms with E-state index in [-0.39, 0.29) is 0 Å². The zero-order valence-corrected chi connectivity index (χ0v) is 11.5. The van der Waals surface area contributed by atoms with Crippen molar-refractivity contribution in [2.75, 3.05) is 7.05 Å². The van der Waals surface area contributed by atoms with Crippen LogP contribution >= 0.6 is 0 Å². The monoisotopic (exact) mass is 243 g/mol. The molecular formula is C17H25N. The van der Waals surface area contributed by atoms with Gasteiger partial charge in [-0.05, 0) is 44.7 Å². The van der Waals surface area contributed by atoms with E-state index in [0.717, 1.165) is 6.42 Å². The molecule has 0 spiro atoms. The molecule has 98 valence electrons. The maximum atomic E-state index is 3.50. The lowest BCUT2D eigenvalue weighted by Crippen LogP contribution is -2.30. The van der Waals surface area contributed by atoms with Crippen molar-refractivity contribution in [3.63, 3.8) is 0 Å². The Bertz CT molecular complexity index is 366. The normalized spacial score (nSPS) is 21.5.